The predicted octanol–water partition coefficient (Wildman–Crippen LogP) is 3.36. The minimum atomic E-state index is 1.16. The summed E-state index contributed by atoms with van der Waals surface area (Å²) in [6.07, 6.45) is 1.20. The number of benzene rings is 1. The quantitative estimate of drug-likeness (QED) is 0.576. The summed E-state index contributed by atoms with van der Waals surface area (Å²) >= 11 is 2.34. The van der Waals surface area contributed by atoms with E-state index in [0.717, 1.165) is 6.54 Å². The molecule has 3 heteroatoms. The lowest BCUT2D eigenvalue weighted by Crippen LogP contribution is -2.07. The zero-order valence-corrected chi connectivity index (χ0v) is 9.85. The molecule has 0 radical (unpaired) electrons. The highest BCUT2D eigenvalue weighted by molar-refractivity contribution is 14.2. The highest BCUT2D eigenvalue weighted by Gasteiger charge is 2.18. The Bertz CT molecular complexity index is 301. The van der Waals surface area contributed by atoms with Gasteiger partial charge in [0.25, 0.3) is 0 Å². The molecule has 0 N–H and O–H groups in total. The zero-order valence-electron chi connectivity index (χ0n) is 6.88. The molecule has 2 rings (SSSR count). The second-order valence-corrected chi connectivity index (χ2v) is 4.81. The predicted molar refractivity (Wildman–Crippen MR) is 63.8 cm³/mol. The van der Waals surface area contributed by atoms with Crippen molar-refractivity contribution in [1.82, 2.24) is 0 Å². The molecule has 0 aliphatic carbocycles. The summed E-state index contributed by atoms with van der Waals surface area (Å²) < 4.78 is 2.35. The lowest BCUT2D eigenvalue weighted by Gasteiger charge is -2.13. The molecule has 0 saturated carbocycles. The number of aryl methyl sites for hydroxylation is 1. The van der Waals surface area contributed by atoms with Crippen molar-refractivity contribution < 1.29 is 0 Å². The minimum absolute atomic E-state index is 1.16. The van der Waals surface area contributed by atoms with Gasteiger partial charge in [0.05, 0.1) is 5.69 Å². The molecule has 0 atom stereocenters. The Morgan fingerprint density at radius 3 is 3.08 bits per heavy atom. The van der Waals surface area contributed by atoms with Gasteiger partial charge in [-0.1, -0.05) is 12.1 Å². The fourth-order valence-corrected chi connectivity index (χ4v) is 3.16. The molecule has 0 aromatic heterocycles. The van der Waals surface area contributed by atoms with Crippen molar-refractivity contribution in [2.24, 2.45) is 0 Å². The first kappa shape index (κ1) is 8.69. The van der Waals surface area contributed by atoms with Crippen LogP contribution in [0.15, 0.2) is 18.2 Å². The molecular formula is C9H10INS. The summed E-state index contributed by atoms with van der Waals surface area (Å²) in [4.78, 5) is 0. The first-order valence-electron chi connectivity index (χ1n) is 3.97. The third-order valence-corrected chi connectivity index (χ3v) is 4.15. The van der Waals surface area contributed by atoms with Crippen LogP contribution in [0.5, 0.6) is 0 Å². The van der Waals surface area contributed by atoms with Crippen LogP contribution in [0.3, 0.4) is 0 Å². The fraction of sp³-hybridized carbons (Fsp3) is 0.333. The molecule has 0 spiro atoms. The van der Waals surface area contributed by atoms with Crippen LogP contribution >= 0.6 is 30.3 Å². The van der Waals surface area contributed by atoms with E-state index >= 15 is 0 Å². The Morgan fingerprint density at radius 2 is 2.33 bits per heavy atom. The number of nitrogens with zero attached hydrogens (tertiary/aromatic N) is 1. The molecule has 1 aliphatic rings. The van der Waals surface area contributed by atoms with Crippen molar-refractivity contribution in [1.29, 1.82) is 0 Å². The van der Waals surface area contributed by atoms with Crippen LogP contribution in [0.1, 0.15) is 11.1 Å². The Kier molecular flexibility index (Phi) is 2.50. The maximum Gasteiger partial charge on any atom is 0.0512 e. The summed E-state index contributed by atoms with van der Waals surface area (Å²) in [5, 5.41) is 0. The van der Waals surface area contributed by atoms with E-state index in [0.29, 0.717) is 0 Å². The van der Waals surface area contributed by atoms with Gasteiger partial charge in [-0.05, 0) is 30.5 Å². The smallest absolute Gasteiger partial charge is 0.0512 e. The third-order valence-electron chi connectivity index (χ3n) is 2.18. The molecule has 0 saturated heterocycles. The molecule has 1 aliphatic heterocycles. The van der Waals surface area contributed by atoms with Crippen molar-refractivity contribution in [3.8, 4) is 0 Å². The van der Waals surface area contributed by atoms with Crippen LogP contribution < -0.4 is 4.31 Å². The maximum absolute atomic E-state index is 2.35. The van der Waals surface area contributed by atoms with Gasteiger partial charge in [-0.25, -0.2) is 0 Å². The number of hydrogen-bond acceptors (Lipinski definition) is 2. The molecular weight excluding hydrogens is 281 g/mol. The van der Waals surface area contributed by atoms with Gasteiger partial charge in [0.1, 0.15) is 0 Å². The lowest BCUT2D eigenvalue weighted by atomic mass is 10.1. The van der Waals surface area contributed by atoms with E-state index in [9.17, 15) is 0 Å². The van der Waals surface area contributed by atoms with E-state index in [1.165, 1.54) is 23.2 Å². The van der Waals surface area contributed by atoms with Crippen LogP contribution in [-0.2, 0) is 6.42 Å². The first-order valence-corrected chi connectivity index (χ1v) is 7.28. The summed E-state index contributed by atoms with van der Waals surface area (Å²) in [7, 11) is 1.79. The molecule has 0 bridgehead atoms. The number of fused-ring (bicyclic) bond motifs is 1. The van der Waals surface area contributed by atoms with Gasteiger partial charge < -0.3 is 4.31 Å². The van der Waals surface area contributed by atoms with Crippen LogP contribution in [-0.4, -0.2) is 6.54 Å². The lowest BCUT2D eigenvalue weighted by molar-refractivity contribution is 1.06. The molecule has 0 fully saturated rings. The maximum atomic E-state index is 2.35. The first-order chi connectivity index (χ1) is 5.81. The normalized spacial score (nSPS) is 15.0. The average Bonchev–Trinajstić information content (AvgIpc) is 2.46. The molecule has 1 nitrogen and oxygen atoms in total. The van der Waals surface area contributed by atoms with E-state index < -0.39 is 0 Å². The fourth-order valence-electron chi connectivity index (χ4n) is 1.53. The van der Waals surface area contributed by atoms with Crippen molar-refractivity contribution in [3.63, 3.8) is 0 Å². The average molecular weight is 291 g/mol. The molecule has 1 aromatic rings. The number of anilines is 1. The summed E-state index contributed by atoms with van der Waals surface area (Å²) in [5.74, 6) is 0. The van der Waals surface area contributed by atoms with Gasteiger partial charge in [0, 0.05) is 36.9 Å². The SMILES string of the molecule is Cc1ccc2c(c1)N(SI)CC2. The van der Waals surface area contributed by atoms with E-state index in [2.05, 4.69) is 50.6 Å². The number of rotatable bonds is 1. The zero-order chi connectivity index (χ0) is 8.55. The molecule has 64 valence electrons. The molecule has 1 aromatic carbocycles. The molecule has 0 amide bonds. The summed E-state index contributed by atoms with van der Waals surface area (Å²) in [5.41, 5.74) is 4.25. The topological polar surface area (TPSA) is 3.24 Å². The van der Waals surface area contributed by atoms with Crippen molar-refractivity contribution in [2.75, 3.05) is 10.8 Å². The monoisotopic (exact) mass is 291 g/mol. The van der Waals surface area contributed by atoms with Crippen molar-refractivity contribution in [3.05, 3.63) is 29.3 Å². The Morgan fingerprint density at radius 1 is 1.50 bits per heavy atom. The molecule has 0 unspecified atom stereocenters. The van der Waals surface area contributed by atoms with Gasteiger partial charge >= 0.3 is 0 Å². The van der Waals surface area contributed by atoms with Gasteiger partial charge in [0.2, 0.25) is 0 Å². The summed E-state index contributed by atoms with van der Waals surface area (Å²) in [6, 6.07) is 6.71. The second-order valence-electron chi connectivity index (χ2n) is 3.05. The minimum Gasteiger partial charge on any atom is -0.307 e. The van der Waals surface area contributed by atoms with Crippen molar-refractivity contribution >= 4 is 36.0 Å². The van der Waals surface area contributed by atoms with Crippen LogP contribution in [0.4, 0.5) is 5.69 Å². The highest BCUT2D eigenvalue weighted by atomic mass is 127. The Labute approximate surface area is 89.2 Å². The van der Waals surface area contributed by atoms with E-state index in [1.54, 1.807) is 9.12 Å². The van der Waals surface area contributed by atoms with E-state index in [-0.39, 0.29) is 0 Å². The third kappa shape index (κ3) is 1.44. The van der Waals surface area contributed by atoms with Crippen LogP contribution in [0.25, 0.3) is 0 Å². The van der Waals surface area contributed by atoms with E-state index in [1.807, 2.05) is 0 Å². The van der Waals surface area contributed by atoms with Gasteiger partial charge in [-0.15, -0.1) is 0 Å². The standard InChI is InChI=1S/C9H10INS/c1-7-2-3-8-4-5-11(12-10)9(8)6-7/h2-3,6H,4-5H2,1H3. The molecule has 1 heterocycles. The number of hydrogen-bond donors (Lipinski definition) is 0. The highest BCUT2D eigenvalue weighted by Crippen LogP contribution is 2.36. The Balaban J connectivity index is 2.42. The van der Waals surface area contributed by atoms with Crippen LogP contribution in [0, 0.1) is 6.92 Å². The largest absolute Gasteiger partial charge is 0.307 e. The van der Waals surface area contributed by atoms with Crippen LogP contribution in [0.2, 0.25) is 0 Å². The van der Waals surface area contributed by atoms with E-state index in [4.69, 9.17) is 0 Å². The van der Waals surface area contributed by atoms with Gasteiger partial charge in [-0.3, -0.25) is 0 Å². The summed E-state index contributed by atoms with van der Waals surface area (Å²) in [6.45, 7) is 3.31. The second kappa shape index (κ2) is 3.46. The van der Waals surface area contributed by atoms with Gasteiger partial charge in [-0.2, -0.15) is 0 Å². The van der Waals surface area contributed by atoms with Gasteiger partial charge in [0.15, 0.2) is 0 Å². The Hall–Kier alpha value is 0.100. The van der Waals surface area contributed by atoms with Crippen molar-refractivity contribution in [2.45, 2.75) is 13.3 Å². The molecule has 12 heavy (non-hydrogen) atoms. The number of halogens is 1.